The molecule has 1 rings (SSSR count). The van der Waals surface area contributed by atoms with Crippen LogP contribution in [0.5, 0.6) is 0 Å². The van der Waals surface area contributed by atoms with E-state index < -0.39 is 41.7 Å². The van der Waals surface area contributed by atoms with E-state index in [2.05, 4.69) is 11.9 Å². The standard InChI is InChI=1S/C30H45N3O7/c1-16(2)20(14-26(31)35)24(39-7)11-9-10-19(6)30(38)33-22-15-23(34)27(32)21(29(22)37)12-18(5)13-25(40-8)28(36)17(3)4/h9-11,15,17-18,20,24-25,28,36H,1,12-14,32H2,2-8H3,(H2,31,35)(H,33,38)/b11-9-,19-10+/t18-,20+,24+,25+,28-/m1/s1. The Morgan fingerprint density at radius 2 is 1.77 bits per heavy atom. The Morgan fingerprint density at radius 3 is 2.27 bits per heavy atom. The van der Waals surface area contributed by atoms with Crippen molar-refractivity contribution in [1.82, 2.24) is 5.32 Å². The van der Waals surface area contributed by atoms with Crippen molar-refractivity contribution >= 4 is 23.4 Å². The third-order valence-corrected chi connectivity index (χ3v) is 6.91. The monoisotopic (exact) mass is 559 g/mol. The van der Waals surface area contributed by atoms with Crippen LogP contribution in [0.15, 0.2) is 59.0 Å². The van der Waals surface area contributed by atoms with E-state index in [1.165, 1.54) is 20.3 Å². The van der Waals surface area contributed by atoms with Gasteiger partial charge in [0.1, 0.15) is 0 Å². The van der Waals surface area contributed by atoms with Crippen LogP contribution in [0.3, 0.4) is 0 Å². The molecule has 2 amide bonds. The van der Waals surface area contributed by atoms with Gasteiger partial charge in [-0.1, -0.05) is 51.2 Å². The fourth-order valence-corrected chi connectivity index (χ4v) is 4.41. The fraction of sp³-hybridized carbons (Fsp3) is 0.533. The lowest BCUT2D eigenvalue weighted by atomic mass is 9.86. The molecule has 0 bridgehead atoms. The summed E-state index contributed by atoms with van der Waals surface area (Å²) in [6, 6.07) is 0. The molecular weight excluding hydrogens is 514 g/mol. The number of nitrogens with one attached hydrogen (secondary N) is 1. The van der Waals surface area contributed by atoms with Gasteiger partial charge in [0, 0.05) is 43.8 Å². The van der Waals surface area contributed by atoms with Gasteiger partial charge < -0.3 is 31.4 Å². The second-order valence-corrected chi connectivity index (χ2v) is 10.7. The largest absolute Gasteiger partial charge is 0.395 e. The first-order valence-corrected chi connectivity index (χ1v) is 13.3. The number of rotatable bonds is 16. The van der Waals surface area contributed by atoms with Crippen LogP contribution in [0.2, 0.25) is 0 Å². The summed E-state index contributed by atoms with van der Waals surface area (Å²) in [6.45, 7) is 12.9. The van der Waals surface area contributed by atoms with Crippen molar-refractivity contribution in [3.63, 3.8) is 0 Å². The third kappa shape index (κ3) is 10.0. The number of ether oxygens (including phenoxy) is 2. The van der Waals surface area contributed by atoms with Gasteiger partial charge in [-0.2, -0.15) is 0 Å². The Hall–Kier alpha value is -3.34. The molecule has 0 radical (unpaired) electrons. The van der Waals surface area contributed by atoms with E-state index in [-0.39, 0.29) is 53.1 Å². The van der Waals surface area contributed by atoms with E-state index in [1.54, 1.807) is 26.0 Å². The van der Waals surface area contributed by atoms with Crippen LogP contribution >= 0.6 is 0 Å². The first-order valence-electron chi connectivity index (χ1n) is 13.3. The smallest absolute Gasteiger partial charge is 0.251 e. The number of hydrogen-bond donors (Lipinski definition) is 4. The summed E-state index contributed by atoms with van der Waals surface area (Å²) < 4.78 is 10.9. The fourth-order valence-electron chi connectivity index (χ4n) is 4.41. The Morgan fingerprint density at radius 1 is 1.15 bits per heavy atom. The zero-order chi connectivity index (χ0) is 30.7. The van der Waals surface area contributed by atoms with Crippen molar-refractivity contribution in [3.8, 4) is 0 Å². The van der Waals surface area contributed by atoms with E-state index in [9.17, 15) is 24.3 Å². The zero-order valence-electron chi connectivity index (χ0n) is 24.7. The summed E-state index contributed by atoms with van der Waals surface area (Å²) in [5.74, 6) is -2.64. The molecule has 222 valence electrons. The van der Waals surface area contributed by atoms with Crippen LogP contribution < -0.4 is 16.8 Å². The number of primary amides is 1. The summed E-state index contributed by atoms with van der Waals surface area (Å²) in [6.07, 6.45) is 4.90. The maximum absolute atomic E-state index is 13.2. The average molecular weight is 560 g/mol. The van der Waals surface area contributed by atoms with Crippen LogP contribution in [-0.4, -0.2) is 61.0 Å². The number of methoxy groups -OCH3 is 2. The first kappa shape index (κ1) is 34.7. The molecule has 0 saturated heterocycles. The molecule has 10 nitrogen and oxygen atoms in total. The van der Waals surface area contributed by atoms with Gasteiger partial charge in [-0.25, -0.2) is 0 Å². The summed E-state index contributed by atoms with van der Waals surface area (Å²) in [4.78, 5) is 50.0. The lowest BCUT2D eigenvalue weighted by Gasteiger charge is -2.28. The minimum Gasteiger partial charge on any atom is -0.395 e. The number of aliphatic hydroxyl groups excluding tert-OH is 1. The zero-order valence-corrected chi connectivity index (χ0v) is 24.7. The quantitative estimate of drug-likeness (QED) is 0.0966. The first-order chi connectivity index (χ1) is 18.6. The van der Waals surface area contributed by atoms with Crippen molar-refractivity contribution in [2.45, 2.75) is 72.2 Å². The normalized spacial score (nSPS) is 18.4. The van der Waals surface area contributed by atoms with Crippen molar-refractivity contribution in [1.29, 1.82) is 0 Å². The highest BCUT2D eigenvalue weighted by Gasteiger charge is 2.31. The number of allylic oxidation sites excluding steroid dienone is 4. The molecule has 5 atom stereocenters. The molecular formula is C30H45N3O7. The molecule has 0 heterocycles. The SMILES string of the molecule is C=C(C)[C@H](CC(N)=O)[C@H](/C=C\C=C(/C)C(=O)NC1=CC(=O)C(N)=C(C[C@@H](C)C[C@H](OC)[C@H](O)C(C)C)C1=O)OC. The topological polar surface area (TPSA) is 171 Å². The number of carbonyl (C=O) groups is 4. The van der Waals surface area contributed by atoms with Crippen molar-refractivity contribution < 1.29 is 33.8 Å². The molecule has 1 aliphatic carbocycles. The van der Waals surface area contributed by atoms with Gasteiger partial charge in [0.15, 0.2) is 0 Å². The molecule has 0 aromatic carbocycles. The van der Waals surface area contributed by atoms with Crippen LogP contribution in [0.25, 0.3) is 0 Å². The van der Waals surface area contributed by atoms with Crippen LogP contribution in [-0.2, 0) is 28.7 Å². The number of carbonyl (C=O) groups excluding carboxylic acids is 4. The summed E-state index contributed by atoms with van der Waals surface area (Å²) >= 11 is 0. The van der Waals surface area contributed by atoms with Gasteiger partial charge in [-0.3, -0.25) is 19.2 Å². The summed E-state index contributed by atoms with van der Waals surface area (Å²) in [5.41, 5.74) is 12.1. The molecule has 0 aromatic heterocycles. The lowest BCUT2D eigenvalue weighted by Crippen LogP contribution is -2.36. The predicted octanol–water partition coefficient (Wildman–Crippen LogP) is 2.38. The summed E-state index contributed by atoms with van der Waals surface area (Å²) in [5, 5.41) is 12.9. The van der Waals surface area contributed by atoms with E-state index in [1.807, 2.05) is 20.8 Å². The van der Waals surface area contributed by atoms with E-state index in [4.69, 9.17) is 20.9 Å². The van der Waals surface area contributed by atoms with Gasteiger partial charge >= 0.3 is 0 Å². The minimum absolute atomic E-state index is 0.0155. The Kier molecular flexibility index (Phi) is 13.9. The molecule has 0 spiro atoms. The number of amides is 2. The highest BCUT2D eigenvalue weighted by Crippen LogP contribution is 2.27. The molecule has 0 fully saturated rings. The van der Waals surface area contributed by atoms with Crippen molar-refractivity contribution in [2.75, 3.05) is 14.2 Å². The summed E-state index contributed by atoms with van der Waals surface area (Å²) in [7, 11) is 3.01. The van der Waals surface area contributed by atoms with Gasteiger partial charge in [-0.15, -0.1) is 0 Å². The molecule has 0 aliphatic heterocycles. The van der Waals surface area contributed by atoms with Gasteiger partial charge in [0.2, 0.25) is 17.5 Å². The van der Waals surface area contributed by atoms with Crippen LogP contribution in [0.4, 0.5) is 0 Å². The van der Waals surface area contributed by atoms with Gasteiger partial charge in [-0.05, 0) is 38.5 Å². The highest BCUT2D eigenvalue weighted by molar-refractivity contribution is 6.23. The predicted molar refractivity (Wildman–Crippen MR) is 153 cm³/mol. The van der Waals surface area contributed by atoms with E-state index in [0.717, 1.165) is 11.6 Å². The number of Topliss-reactive ketones (excluding diaryl/α,β-unsaturated/α-hetero) is 1. The highest BCUT2D eigenvalue weighted by atomic mass is 16.5. The molecule has 40 heavy (non-hydrogen) atoms. The number of nitrogens with two attached hydrogens (primary N) is 2. The second-order valence-electron chi connectivity index (χ2n) is 10.7. The number of aliphatic hydroxyl groups is 1. The Bertz CT molecular complexity index is 1100. The molecule has 6 N–H and O–H groups in total. The Labute approximate surface area is 237 Å². The maximum atomic E-state index is 13.2. The maximum Gasteiger partial charge on any atom is 0.251 e. The van der Waals surface area contributed by atoms with E-state index >= 15 is 0 Å². The minimum atomic E-state index is -0.685. The molecule has 0 saturated carbocycles. The van der Waals surface area contributed by atoms with Crippen molar-refractivity contribution in [2.24, 2.45) is 29.2 Å². The van der Waals surface area contributed by atoms with Gasteiger partial charge in [0.05, 0.1) is 29.7 Å². The number of ketones is 2. The molecule has 0 aromatic rings. The van der Waals surface area contributed by atoms with Crippen LogP contribution in [0.1, 0.15) is 53.9 Å². The van der Waals surface area contributed by atoms with Crippen molar-refractivity contribution in [3.05, 3.63) is 59.0 Å². The second kappa shape index (κ2) is 16.1. The average Bonchev–Trinajstić information content (AvgIpc) is 2.88. The lowest BCUT2D eigenvalue weighted by molar-refractivity contribution is -0.120. The Balaban J connectivity index is 2.98. The van der Waals surface area contributed by atoms with Gasteiger partial charge in [0.25, 0.3) is 5.91 Å². The van der Waals surface area contributed by atoms with E-state index in [0.29, 0.717) is 6.42 Å². The third-order valence-electron chi connectivity index (χ3n) is 6.91. The molecule has 10 heteroatoms. The molecule has 0 unspecified atom stereocenters. The molecule has 1 aliphatic rings. The number of hydrogen-bond acceptors (Lipinski definition) is 8. The van der Waals surface area contributed by atoms with Crippen LogP contribution in [0, 0.1) is 17.8 Å².